The van der Waals surface area contributed by atoms with Gasteiger partial charge in [0.2, 0.25) is 0 Å². The molecule has 0 aliphatic heterocycles. The molecule has 0 saturated carbocycles. The monoisotopic (exact) mass is 274 g/mol. The third-order valence-electron chi connectivity index (χ3n) is 3.07. The number of para-hydroxylation sites is 1. The molecule has 0 aliphatic carbocycles. The summed E-state index contributed by atoms with van der Waals surface area (Å²) < 4.78 is 34.2. The molecule has 0 bridgehead atoms. The molecular weight excluding hydrogens is 254 g/mol. The molecule has 0 saturated heterocycles. The lowest BCUT2D eigenvalue weighted by atomic mass is 9.96. The molecule has 0 heterocycles. The zero-order valence-corrected chi connectivity index (χ0v) is 11.4. The van der Waals surface area contributed by atoms with E-state index in [4.69, 9.17) is 4.74 Å². The van der Waals surface area contributed by atoms with Crippen molar-refractivity contribution in [3.63, 3.8) is 0 Å². The van der Waals surface area contributed by atoms with Crippen molar-refractivity contribution in [3.8, 4) is 5.75 Å². The van der Waals surface area contributed by atoms with E-state index in [-0.39, 0.29) is 11.4 Å². The largest absolute Gasteiger partial charge is 0.434 e. The Labute approximate surface area is 112 Å². The minimum atomic E-state index is -2.90. The van der Waals surface area contributed by atoms with Crippen LogP contribution in [0.15, 0.2) is 24.3 Å². The summed E-state index contributed by atoms with van der Waals surface area (Å²) in [4.78, 5) is 0. The van der Waals surface area contributed by atoms with Gasteiger partial charge < -0.3 is 14.6 Å². The average molecular weight is 274 g/mol. The molecule has 19 heavy (non-hydrogen) atoms. The molecule has 108 valence electrons. The van der Waals surface area contributed by atoms with Crippen LogP contribution in [0.2, 0.25) is 0 Å². The van der Waals surface area contributed by atoms with Gasteiger partial charge in [-0.1, -0.05) is 18.2 Å². The first kappa shape index (κ1) is 15.9. The Morgan fingerprint density at radius 1 is 1.26 bits per heavy atom. The standard InChI is InChI=1S/C14H20F2O3/c1-14(2,18-3)9-8-11(17)10-6-4-5-7-12(10)19-13(15)16/h4-7,11,13,17H,8-9H2,1-3H3. The van der Waals surface area contributed by atoms with Gasteiger partial charge in [-0.05, 0) is 32.8 Å². The van der Waals surface area contributed by atoms with Gasteiger partial charge in [0.1, 0.15) is 5.75 Å². The lowest BCUT2D eigenvalue weighted by molar-refractivity contribution is -0.0520. The van der Waals surface area contributed by atoms with Gasteiger partial charge >= 0.3 is 6.61 Å². The van der Waals surface area contributed by atoms with Crippen molar-refractivity contribution in [2.45, 2.75) is 45.0 Å². The number of hydrogen-bond donors (Lipinski definition) is 1. The Balaban J connectivity index is 2.73. The number of aliphatic hydroxyl groups is 1. The van der Waals surface area contributed by atoms with Gasteiger partial charge in [0, 0.05) is 12.7 Å². The molecule has 0 aliphatic rings. The van der Waals surface area contributed by atoms with Gasteiger partial charge in [-0.15, -0.1) is 0 Å². The maximum absolute atomic E-state index is 12.3. The van der Waals surface area contributed by atoms with Crippen LogP contribution in [0.1, 0.15) is 38.4 Å². The average Bonchev–Trinajstić information content (AvgIpc) is 2.36. The highest BCUT2D eigenvalue weighted by molar-refractivity contribution is 5.35. The maximum Gasteiger partial charge on any atom is 0.387 e. The lowest BCUT2D eigenvalue weighted by Crippen LogP contribution is -2.23. The van der Waals surface area contributed by atoms with Crippen LogP contribution in [-0.4, -0.2) is 24.4 Å². The molecule has 1 aromatic rings. The van der Waals surface area contributed by atoms with Gasteiger partial charge in [-0.25, -0.2) is 0 Å². The minimum Gasteiger partial charge on any atom is -0.434 e. The fourth-order valence-corrected chi connectivity index (χ4v) is 1.70. The van der Waals surface area contributed by atoms with Crippen molar-refractivity contribution in [2.24, 2.45) is 0 Å². The summed E-state index contributed by atoms with van der Waals surface area (Å²) in [6.07, 6.45) is 0.155. The molecule has 1 rings (SSSR count). The van der Waals surface area contributed by atoms with E-state index in [9.17, 15) is 13.9 Å². The zero-order valence-electron chi connectivity index (χ0n) is 11.4. The van der Waals surface area contributed by atoms with Gasteiger partial charge in [0.15, 0.2) is 0 Å². The van der Waals surface area contributed by atoms with Crippen molar-refractivity contribution in [3.05, 3.63) is 29.8 Å². The molecule has 5 heteroatoms. The molecule has 0 amide bonds. The minimum absolute atomic E-state index is 0.0141. The first-order valence-corrected chi connectivity index (χ1v) is 6.12. The van der Waals surface area contributed by atoms with Gasteiger partial charge in [0.05, 0.1) is 11.7 Å². The molecule has 1 aromatic carbocycles. The third kappa shape index (κ3) is 5.12. The van der Waals surface area contributed by atoms with Crippen LogP contribution in [0.5, 0.6) is 5.75 Å². The van der Waals surface area contributed by atoms with Crippen molar-refractivity contribution in [1.82, 2.24) is 0 Å². The highest BCUT2D eigenvalue weighted by atomic mass is 19.3. The van der Waals surface area contributed by atoms with Crippen LogP contribution < -0.4 is 4.74 Å². The summed E-state index contributed by atoms with van der Waals surface area (Å²) in [5.74, 6) is 0.0141. The number of halogens is 2. The number of hydrogen-bond acceptors (Lipinski definition) is 3. The van der Waals surface area contributed by atoms with Crippen molar-refractivity contribution < 1.29 is 23.4 Å². The summed E-state index contributed by atoms with van der Waals surface area (Å²) in [7, 11) is 1.60. The molecule has 0 spiro atoms. The maximum atomic E-state index is 12.3. The molecule has 1 atom stereocenters. The van der Waals surface area contributed by atoms with E-state index in [1.165, 1.54) is 6.07 Å². The van der Waals surface area contributed by atoms with Crippen molar-refractivity contribution in [2.75, 3.05) is 7.11 Å². The van der Waals surface area contributed by atoms with E-state index in [1.54, 1.807) is 25.3 Å². The Kier molecular flexibility index (Phi) is 5.69. The Bertz CT molecular complexity index is 394. The van der Waals surface area contributed by atoms with Crippen LogP contribution >= 0.6 is 0 Å². The Morgan fingerprint density at radius 3 is 2.47 bits per heavy atom. The van der Waals surface area contributed by atoms with Gasteiger partial charge in [-0.2, -0.15) is 8.78 Å². The molecular formula is C14H20F2O3. The van der Waals surface area contributed by atoms with Gasteiger partial charge in [0.25, 0.3) is 0 Å². The van der Waals surface area contributed by atoms with Crippen LogP contribution in [0.25, 0.3) is 0 Å². The first-order chi connectivity index (χ1) is 8.85. The van der Waals surface area contributed by atoms with E-state index in [0.717, 1.165) is 0 Å². The molecule has 0 fully saturated rings. The number of alkyl halides is 2. The Hall–Kier alpha value is -1.20. The summed E-state index contributed by atoms with van der Waals surface area (Å²) in [5.41, 5.74) is 0.00848. The quantitative estimate of drug-likeness (QED) is 0.826. The smallest absolute Gasteiger partial charge is 0.387 e. The SMILES string of the molecule is COC(C)(C)CCC(O)c1ccccc1OC(F)F. The number of ether oxygens (including phenoxy) is 2. The van der Waals surface area contributed by atoms with Gasteiger partial charge in [-0.3, -0.25) is 0 Å². The summed E-state index contributed by atoms with van der Waals surface area (Å²) >= 11 is 0. The first-order valence-electron chi connectivity index (χ1n) is 6.12. The lowest BCUT2D eigenvalue weighted by Gasteiger charge is -2.24. The molecule has 1 unspecified atom stereocenters. The van der Waals surface area contributed by atoms with E-state index in [2.05, 4.69) is 4.74 Å². The van der Waals surface area contributed by atoms with Crippen LogP contribution in [0.4, 0.5) is 8.78 Å². The number of aliphatic hydroxyl groups excluding tert-OH is 1. The number of rotatable bonds is 7. The second-order valence-electron chi connectivity index (χ2n) is 4.93. The number of benzene rings is 1. The van der Waals surface area contributed by atoms with E-state index < -0.39 is 12.7 Å². The second-order valence-corrected chi connectivity index (χ2v) is 4.93. The second kappa shape index (κ2) is 6.82. The molecule has 1 N–H and O–H groups in total. The van der Waals surface area contributed by atoms with Crippen LogP contribution in [-0.2, 0) is 4.74 Å². The Morgan fingerprint density at radius 2 is 1.89 bits per heavy atom. The number of methoxy groups -OCH3 is 1. The fourth-order valence-electron chi connectivity index (χ4n) is 1.70. The van der Waals surface area contributed by atoms with E-state index in [1.807, 2.05) is 13.8 Å². The molecule has 3 nitrogen and oxygen atoms in total. The van der Waals surface area contributed by atoms with E-state index in [0.29, 0.717) is 18.4 Å². The normalized spacial score (nSPS) is 13.6. The van der Waals surface area contributed by atoms with E-state index >= 15 is 0 Å². The fraction of sp³-hybridized carbons (Fsp3) is 0.571. The highest BCUT2D eigenvalue weighted by Crippen LogP contribution is 2.31. The van der Waals surface area contributed by atoms with Crippen LogP contribution in [0.3, 0.4) is 0 Å². The topological polar surface area (TPSA) is 38.7 Å². The predicted molar refractivity (Wildman–Crippen MR) is 68.4 cm³/mol. The van der Waals surface area contributed by atoms with Crippen molar-refractivity contribution in [1.29, 1.82) is 0 Å². The summed E-state index contributed by atoms with van der Waals surface area (Å²) in [5, 5.41) is 10.1. The predicted octanol–water partition coefficient (Wildman–Crippen LogP) is 3.53. The van der Waals surface area contributed by atoms with Crippen molar-refractivity contribution >= 4 is 0 Å². The zero-order chi connectivity index (χ0) is 14.5. The summed E-state index contributed by atoms with van der Waals surface area (Å²) in [6, 6.07) is 6.28. The van der Waals surface area contributed by atoms with Crippen LogP contribution in [0, 0.1) is 0 Å². The molecule has 0 radical (unpaired) electrons. The summed E-state index contributed by atoms with van der Waals surface area (Å²) in [6.45, 7) is 0.909. The highest BCUT2D eigenvalue weighted by Gasteiger charge is 2.21. The third-order valence-corrected chi connectivity index (χ3v) is 3.07. The molecule has 0 aromatic heterocycles.